The van der Waals surface area contributed by atoms with Crippen LogP contribution in [-0.2, 0) is 9.53 Å². The Hall–Kier alpha value is -0.610. The molecule has 2 aliphatic heterocycles. The fourth-order valence-corrected chi connectivity index (χ4v) is 2.95. The highest BCUT2D eigenvalue weighted by Gasteiger charge is 2.46. The number of methoxy groups -OCH3 is 1. The summed E-state index contributed by atoms with van der Waals surface area (Å²) in [6.45, 7) is 3.67. The molecule has 1 amide bonds. The molecule has 0 aliphatic carbocycles. The Bertz CT molecular complexity index is 277. The molecule has 4 heteroatoms. The summed E-state index contributed by atoms with van der Waals surface area (Å²) in [5, 5.41) is 0. The van der Waals surface area contributed by atoms with Crippen molar-refractivity contribution in [3.8, 4) is 0 Å². The lowest BCUT2D eigenvalue weighted by Crippen LogP contribution is -2.56. The zero-order valence-corrected chi connectivity index (χ0v) is 10.4. The Balaban J connectivity index is 2.14. The number of ether oxygens (including phenoxy) is 1. The average molecular weight is 226 g/mol. The summed E-state index contributed by atoms with van der Waals surface area (Å²) >= 11 is 0. The Morgan fingerprint density at radius 3 is 2.25 bits per heavy atom. The second-order valence-corrected chi connectivity index (χ2v) is 5.54. The molecule has 2 atom stereocenters. The quantitative estimate of drug-likeness (QED) is 0.761. The smallest absolute Gasteiger partial charge is 0.254 e. The van der Waals surface area contributed by atoms with E-state index in [0.29, 0.717) is 12.1 Å². The number of fused-ring (bicyclic) bond motifs is 2. The summed E-state index contributed by atoms with van der Waals surface area (Å²) in [7, 11) is 1.59. The number of carbonyl (C=O) groups is 1. The Labute approximate surface area is 97.1 Å². The average Bonchev–Trinajstić information content (AvgIpc) is 2.50. The van der Waals surface area contributed by atoms with Gasteiger partial charge in [0.2, 0.25) is 0 Å². The molecule has 2 aliphatic rings. The van der Waals surface area contributed by atoms with Crippen LogP contribution in [0.15, 0.2) is 0 Å². The lowest BCUT2D eigenvalue weighted by molar-refractivity contribution is -0.155. The predicted molar refractivity (Wildman–Crippen MR) is 62.0 cm³/mol. The molecule has 0 spiro atoms. The van der Waals surface area contributed by atoms with Gasteiger partial charge in [0.15, 0.2) is 0 Å². The number of nitrogens with zero attached hydrogens (tertiary/aromatic N) is 1. The first-order valence-electron chi connectivity index (χ1n) is 6.09. The van der Waals surface area contributed by atoms with Gasteiger partial charge in [0.25, 0.3) is 5.91 Å². The van der Waals surface area contributed by atoms with Gasteiger partial charge >= 0.3 is 0 Å². The molecule has 0 aromatic heterocycles. The summed E-state index contributed by atoms with van der Waals surface area (Å²) in [6, 6.07) is 0.957. The number of nitrogens with two attached hydrogens (primary N) is 1. The van der Waals surface area contributed by atoms with E-state index < -0.39 is 5.60 Å². The monoisotopic (exact) mass is 226 g/mol. The molecule has 2 unspecified atom stereocenters. The van der Waals surface area contributed by atoms with Crippen molar-refractivity contribution < 1.29 is 9.53 Å². The van der Waals surface area contributed by atoms with Gasteiger partial charge in [-0.15, -0.1) is 0 Å². The van der Waals surface area contributed by atoms with Gasteiger partial charge in [-0.1, -0.05) is 0 Å². The zero-order valence-electron chi connectivity index (χ0n) is 10.4. The van der Waals surface area contributed by atoms with Gasteiger partial charge in [0.1, 0.15) is 5.60 Å². The van der Waals surface area contributed by atoms with E-state index in [4.69, 9.17) is 10.5 Å². The molecule has 2 rings (SSSR count). The number of hydrogen-bond acceptors (Lipinski definition) is 3. The number of piperidine rings is 1. The summed E-state index contributed by atoms with van der Waals surface area (Å²) < 4.78 is 5.28. The maximum atomic E-state index is 12.4. The number of hydrogen-bond donors (Lipinski definition) is 1. The number of rotatable bonds is 2. The molecule has 2 bridgehead atoms. The van der Waals surface area contributed by atoms with Crippen LogP contribution in [0.2, 0.25) is 0 Å². The molecule has 2 heterocycles. The van der Waals surface area contributed by atoms with Crippen molar-refractivity contribution in [2.45, 2.75) is 63.3 Å². The van der Waals surface area contributed by atoms with Crippen LogP contribution in [0.25, 0.3) is 0 Å². The fourth-order valence-electron chi connectivity index (χ4n) is 2.95. The Morgan fingerprint density at radius 1 is 1.31 bits per heavy atom. The summed E-state index contributed by atoms with van der Waals surface area (Å²) in [6.07, 6.45) is 4.10. The third kappa shape index (κ3) is 1.84. The second kappa shape index (κ2) is 4.00. The van der Waals surface area contributed by atoms with E-state index in [0.717, 1.165) is 25.7 Å². The number of amides is 1. The molecule has 0 radical (unpaired) electrons. The molecule has 0 aromatic carbocycles. The highest BCUT2D eigenvalue weighted by molar-refractivity contribution is 5.85. The van der Waals surface area contributed by atoms with Crippen LogP contribution in [0.1, 0.15) is 39.5 Å². The van der Waals surface area contributed by atoms with Crippen LogP contribution < -0.4 is 5.73 Å². The zero-order chi connectivity index (χ0) is 11.9. The maximum absolute atomic E-state index is 12.4. The summed E-state index contributed by atoms with van der Waals surface area (Å²) in [5.41, 5.74) is 5.28. The van der Waals surface area contributed by atoms with Gasteiger partial charge < -0.3 is 15.4 Å². The third-order valence-electron chi connectivity index (χ3n) is 4.03. The van der Waals surface area contributed by atoms with Crippen molar-refractivity contribution in [3.05, 3.63) is 0 Å². The van der Waals surface area contributed by atoms with E-state index in [1.165, 1.54) is 0 Å². The largest absolute Gasteiger partial charge is 0.369 e. The van der Waals surface area contributed by atoms with Gasteiger partial charge in [0.05, 0.1) is 0 Å². The van der Waals surface area contributed by atoms with Crippen molar-refractivity contribution in [1.29, 1.82) is 0 Å². The van der Waals surface area contributed by atoms with Gasteiger partial charge in [0, 0.05) is 25.2 Å². The van der Waals surface area contributed by atoms with Crippen LogP contribution in [0.5, 0.6) is 0 Å². The topological polar surface area (TPSA) is 55.6 Å². The molecule has 2 fully saturated rings. The Kier molecular flexibility index (Phi) is 2.97. The fraction of sp³-hybridized carbons (Fsp3) is 0.917. The highest BCUT2D eigenvalue weighted by Crippen LogP contribution is 2.36. The van der Waals surface area contributed by atoms with Crippen LogP contribution in [0.3, 0.4) is 0 Å². The van der Waals surface area contributed by atoms with Crippen LogP contribution in [0.4, 0.5) is 0 Å². The first-order chi connectivity index (χ1) is 7.45. The van der Waals surface area contributed by atoms with E-state index in [1.54, 1.807) is 7.11 Å². The first-order valence-corrected chi connectivity index (χ1v) is 6.09. The van der Waals surface area contributed by atoms with Crippen molar-refractivity contribution in [2.75, 3.05) is 7.11 Å². The highest BCUT2D eigenvalue weighted by atomic mass is 16.5. The molecule has 2 N–H and O–H groups in total. The molecule has 92 valence electrons. The standard InChI is InChI=1S/C12H22N2O2/c1-12(2,16-3)11(15)14-9-4-5-10(14)7-8(13)6-9/h8-10H,4-7,13H2,1-3H3. The third-order valence-corrected chi connectivity index (χ3v) is 4.03. The summed E-state index contributed by atoms with van der Waals surface area (Å²) in [5.74, 6) is 0.120. The SMILES string of the molecule is COC(C)(C)C(=O)N1C2CCC1CC(N)C2. The minimum Gasteiger partial charge on any atom is -0.369 e. The normalized spacial score (nSPS) is 34.2. The predicted octanol–water partition coefficient (Wildman–Crippen LogP) is 0.892. The van der Waals surface area contributed by atoms with E-state index in [2.05, 4.69) is 0 Å². The maximum Gasteiger partial charge on any atom is 0.254 e. The molecular formula is C12H22N2O2. The van der Waals surface area contributed by atoms with Gasteiger partial charge in [-0.3, -0.25) is 4.79 Å². The number of carbonyl (C=O) groups excluding carboxylic acids is 1. The van der Waals surface area contributed by atoms with E-state index in [-0.39, 0.29) is 11.9 Å². The minimum atomic E-state index is -0.706. The van der Waals surface area contributed by atoms with Crippen molar-refractivity contribution in [3.63, 3.8) is 0 Å². The molecule has 16 heavy (non-hydrogen) atoms. The Morgan fingerprint density at radius 2 is 1.81 bits per heavy atom. The minimum absolute atomic E-state index is 0.120. The lowest BCUT2D eigenvalue weighted by atomic mass is 9.95. The molecular weight excluding hydrogens is 204 g/mol. The first kappa shape index (κ1) is 11.9. The molecule has 0 saturated carbocycles. The van der Waals surface area contributed by atoms with Gasteiger partial charge in [-0.05, 0) is 39.5 Å². The van der Waals surface area contributed by atoms with Crippen LogP contribution in [-0.4, -0.2) is 41.6 Å². The lowest BCUT2D eigenvalue weighted by Gasteiger charge is -2.41. The van der Waals surface area contributed by atoms with Crippen molar-refractivity contribution in [2.24, 2.45) is 5.73 Å². The van der Waals surface area contributed by atoms with Crippen LogP contribution in [0, 0.1) is 0 Å². The second-order valence-electron chi connectivity index (χ2n) is 5.54. The van der Waals surface area contributed by atoms with Gasteiger partial charge in [-0.2, -0.15) is 0 Å². The molecule has 2 saturated heterocycles. The van der Waals surface area contributed by atoms with Crippen LogP contribution >= 0.6 is 0 Å². The summed E-state index contributed by atoms with van der Waals surface area (Å²) in [4.78, 5) is 14.4. The molecule has 4 nitrogen and oxygen atoms in total. The molecule has 0 aromatic rings. The van der Waals surface area contributed by atoms with Crippen molar-refractivity contribution >= 4 is 5.91 Å². The van der Waals surface area contributed by atoms with E-state index in [9.17, 15) is 4.79 Å². The van der Waals surface area contributed by atoms with E-state index in [1.807, 2.05) is 18.7 Å². The van der Waals surface area contributed by atoms with Crippen molar-refractivity contribution in [1.82, 2.24) is 4.90 Å². The van der Waals surface area contributed by atoms with Gasteiger partial charge in [-0.25, -0.2) is 0 Å². The van der Waals surface area contributed by atoms with E-state index >= 15 is 0 Å².